The number of nitrogens with one attached hydrogen (secondary N) is 1. The number of hydrogen-bond acceptors (Lipinski definition) is 2. The average Bonchev–Trinajstić information content (AvgIpc) is 2.61. The fraction of sp³-hybridized carbons (Fsp3) is 0.600. The fourth-order valence-electron chi connectivity index (χ4n) is 1.13. The van der Waals surface area contributed by atoms with E-state index in [1.807, 2.05) is 13.1 Å². The van der Waals surface area contributed by atoms with Gasteiger partial charge in [-0.05, 0) is 29.3 Å². The minimum absolute atomic E-state index is 0.0796. The van der Waals surface area contributed by atoms with Crippen LogP contribution >= 0.6 is 15.9 Å². The average molecular weight is 274 g/mol. The zero-order valence-corrected chi connectivity index (χ0v) is 10.6. The number of aromatic nitrogens is 2. The molecule has 0 saturated heterocycles. The number of nitrogens with zero attached hydrogens (tertiary/aromatic N) is 2. The smallest absolute Gasteiger partial charge is 0.222 e. The third-order valence-corrected chi connectivity index (χ3v) is 2.60. The molecule has 0 aliphatic rings. The molecule has 1 amide bonds. The molecule has 0 bridgehead atoms. The molecule has 0 saturated carbocycles. The van der Waals surface area contributed by atoms with Gasteiger partial charge in [-0.25, -0.2) is 0 Å². The number of rotatable bonds is 5. The fourth-order valence-corrected chi connectivity index (χ4v) is 1.45. The zero-order valence-electron chi connectivity index (χ0n) is 9.03. The molecular weight excluding hydrogens is 258 g/mol. The molecule has 0 aliphatic heterocycles. The van der Waals surface area contributed by atoms with Gasteiger partial charge in [-0.1, -0.05) is 6.92 Å². The van der Waals surface area contributed by atoms with Gasteiger partial charge >= 0.3 is 0 Å². The molecule has 5 heteroatoms. The third kappa shape index (κ3) is 4.46. The van der Waals surface area contributed by atoms with Crippen LogP contribution in [0, 0.1) is 0 Å². The molecule has 0 radical (unpaired) electrons. The number of amides is 1. The molecule has 0 aliphatic carbocycles. The van der Waals surface area contributed by atoms with E-state index in [9.17, 15) is 4.79 Å². The van der Waals surface area contributed by atoms with Gasteiger partial charge in [0.05, 0.1) is 10.7 Å². The van der Waals surface area contributed by atoms with Gasteiger partial charge in [-0.3, -0.25) is 9.48 Å². The van der Waals surface area contributed by atoms with Crippen molar-refractivity contribution in [2.24, 2.45) is 0 Å². The first-order valence-electron chi connectivity index (χ1n) is 5.09. The van der Waals surface area contributed by atoms with Crippen LogP contribution in [-0.4, -0.2) is 21.7 Å². The van der Waals surface area contributed by atoms with Crippen molar-refractivity contribution in [1.82, 2.24) is 15.1 Å². The van der Waals surface area contributed by atoms with Gasteiger partial charge in [0, 0.05) is 25.2 Å². The summed E-state index contributed by atoms with van der Waals surface area (Å²) >= 11 is 3.31. The van der Waals surface area contributed by atoms with Crippen molar-refractivity contribution in [1.29, 1.82) is 0 Å². The summed E-state index contributed by atoms with van der Waals surface area (Å²) in [5.74, 6) is 0.0796. The van der Waals surface area contributed by atoms with Crippen molar-refractivity contribution in [3.05, 3.63) is 16.9 Å². The Balaban J connectivity index is 2.28. The quantitative estimate of drug-likeness (QED) is 0.892. The van der Waals surface area contributed by atoms with Crippen LogP contribution in [0.25, 0.3) is 0 Å². The maximum Gasteiger partial charge on any atom is 0.222 e. The molecule has 0 spiro atoms. The van der Waals surface area contributed by atoms with Gasteiger partial charge in [0.2, 0.25) is 5.91 Å². The molecule has 1 aromatic heterocycles. The highest BCUT2D eigenvalue weighted by Crippen LogP contribution is 2.06. The van der Waals surface area contributed by atoms with E-state index in [0.29, 0.717) is 13.0 Å². The normalized spacial score (nSPS) is 12.5. The summed E-state index contributed by atoms with van der Waals surface area (Å²) in [5, 5.41) is 6.99. The molecular formula is C10H16BrN3O. The highest BCUT2D eigenvalue weighted by Gasteiger charge is 2.05. The highest BCUT2D eigenvalue weighted by atomic mass is 79.9. The number of hydrogen-bond donors (Lipinski definition) is 1. The molecule has 1 heterocycles. The minimum Gasteiger partial charge on any atom is -0.354 e. The van der Waals surface area contributed by atoms with Crippen molar-refractivity contribution in [2.45, 2.75) is 39.3 Å². The van der Waals surface area contributed by atoms with Crippen LogP contribution in [0.4, 0.5) is 0 Å². The molecule has 1 unspecified atom stereocenters. The summed E-state index contributed by atoms with van der Waals surface area (Å²) in [5.41, 5.74) is 0. The number of halogens is 1. The van der Waals surface area contributed by atoms with Crippen LogP contribution in [0.3, 0.4) is 0 Å². The van der Waals surface area contributed by atoms with Gasteiger partial charge in [-0.15, -0.1) is 0 Å². The molecule has 1 N–H and O–H groups in total. The van der Waals surface area contributed by atoms with Gasteiger partial charge in [-0.2, -0.15) is 5.10 Å². The SMILES string of the molecule is CCC(C)NC(=O)CCn1cc(Br)cn1. The molecule has 1 atom stereocenters. The largest absolute Gasteiger partial charge is 0.354 e. The summed E-state index contributed by atoms with van der Waals surface area (Å²) in [6.45, 7) is 4.67. The topological polar surface area (TPSA) is 46.9 Å². The first-order valence-corrected chi connectivity index (χ1v) is 5.88. The lowest BCUT2D eigenvalue weighted by molar-refractivity contribution is -0.121. The summed E-state index contributed by atoms with van der Waals surface area (Å²) in [6, 6.07) is 0.252. The Morgan fingerprint density at radius 2 is 2.47 bits per heavy atom. The molecule has 15 heavy (non-hydrogen) atoms. The standard InChI is InChI=1S/C10H16BrN3O/c1-3-8(2)13-10(15)4-5-14-7-9(11)6-12-14/h6-8H,3-5H2,1-2H3,(H,13,15). The van der Waals surface area contributed by atoms with Crippen LogP contribution in [0.15, 0.2) is 16.9 Å². The number of aryl methyl sites for hydroxylation is 1. The van der Waals surface area contributed by atoms with Gasteiger partial charge in [0.25, 0.3) is 0 Å². The Morgan fingerprint density at radius 3 is 3.00 bits per heavy atom. The first-order chi connectivity index (χ1) is 7.11. The second-order valence-electron chi connectivity index (χ2n) is 3.55. The Labute approximate surface area is 98.2 Å². The van der Waals surface area contributed by atoms with Crippen molar-refractivity contribution < 1.29 is 4.79 Å². The van der Waals surface area contributed by atoms with Crippen molar-refractivity contribution >= 4 is 21.8 Å². The van der Waals surface area contributed by atoms with E-state index in [1.165, 1.54) is 0 Å². The number of carbonyl (C=O) groups excluding carboxylic acids is 1. The Kier molecular flexibility index (Phi) is 4.81. The second-order valence-corrected chi connectivity index (χ2v) is 4.46. The maximum absolute atomic E-state index is 11.4. The third-order valence-electron chi connectivity index (χ3n) is 2.19. The van der Waals surface area contributed by atoms with Crippen LogP contribution in [-0.2, 0) is 11.3 Å². The lowest BCUT2D eigenvalue weighted by Crippen LogP contribution is -2.32. The van der Waals surface area contributed by atoms with E-state index in [2.05, 4.69) is 33.3 Å². The predicted molar refractivity (Wildman–Crippen MR) is 62.4 cm³/mol. The number of carbonyl (C=O) groups is 1. The van der Waals surface area contributed by atoms with Crippen LogP contribution in [0.5, 0.6) is 0 Å². The van der Waals surface area contributed by atoms with Gasteiger partial charge in [0.1, 0.15) is 0 Å². The molecule has 1 rings (SSSR count). The Morgan fingerprint density at radius 1 is 1.73 bits per heavy atom. The summed E-state index contributed by atoms with van der Waals surface area (Å²) < 4.78 is 2.69. The van der Waals surface area contributed by atoms with E-state index in [-0.39, 0.29) is 11.9 Å². The van der Waals surface area contributed by atoms with Crippen LogP contribution < -0.4 is 5.32 Å². The highest BCUT2D eigenvalue weighted by molar-refractivity contribution is 9.10. The molecule has 0 fully saturated rings. The van der Waals surface area contributed by atoms with E-state index in [0.717, 1.165) is 10.9 Å². The second kappa shape index (κ2) is 5.90. The molecule has 84 valence electrons. The van der Waals surface area contributed by atoms with Crippen molar-refractivity contribution in [3.63, 3.8) is 0 Å². The summed E-state index contributed by atoms with van der Waals surface area (Å²) in [6.07, 6.45) is 5.00. The lowest BCUT2D eigenvalue weighted by atomic mass is 10.2. The molecule has 4 nitrogen and oxygen atoms in total. The van der Waals surface area contributed by atoms with E-state index < -0.39 is 0 Å². The molecule has 1 aromatic rings. The first kappa shape index (κ1) is 12.2. The Bertz CT molecular complexity index is 324. The van der Waals surface area contributed by atoms with E-state index >= 15 is 0 Å². The Hall–Kier alpha value is -0.840. The van der Waals surface area contributed by atoms with Crippen LogP contribution in [0.2, 0.25) is 0 Å². The van der Waals surface area contributed by atoms with Crippen LogP contribution in [0.1, 0.15) is 26.7 Å². The predicted octanol–water partition coefficient (Wildman–Crippen LogP) is 1.95. The van der Waals surface area contributed by atoms with Gasteiger partial charge in [0.15, 0.2) is 0 Å². The van der Waals surface area contributed by atoms with Crippen molar-refractivity contribution in [3.8, 4) is 0 Å². The van der Waals surface area contributed by atoms with Gasteiger partial charge < -0.3 is 5.32 Å². The summed E-state index contributed by atoms with van der Waals surface area (Å²) in [4.78, 5) is 11.4. The maximum atomic E-state index is 11.4. The minimum atomic E-state index is 0.0796. The molecule has 0 aromatic carbocycles. The monoisotopic (exact) mass is 273 g/mol. The van der Waals surface area contributed by atoms with E-state index in [4.69, 9.17) is 0 Å². The van der Waals surface area contributed by atoms with Crippen molar-refractivity contribution in [2.75, 3.05) is 0 Å². The lowest BCUT2D eigenvalue weighted by Gasteiger charge is -2.10. The van der Waals surface area contributed by atoms with E-state index in [1.54, 1.807) is 10.9 Å². The zero-order chi connectivity index (χ0) is 11.3. The summed E-state index contributed by atoms with van der Waals surface area (Å²) in [7, 11) is 0.